The summed E-state index contributed by atoms with van der Waals surface area (Å²) in [6, 6.07) is 0.206. The lowest BCUT2D eigenvalue weighted by Gasteiger charge is -2.12. The van der Waals surface area contributed by atoms with Gasteiger partial charge in [0.2, 0.25) is 11.8 Å². The first-order chi connectivity index (χ1) is 8.61. The number of hydrogen-bond donors (Lipinski definition) is 3. The molecule has 2 unspecified atom stereocenters. The van der Waals surface area contributed by atoms with Crippen molar-refractivity contribution in [1.29, 1.82) is 0 Å². The molecule has 2 atom stereocenters. The highest BCUT2D eigenvalue weighted by Crippen LogP contribution is 2.11. The van der Waals surface area contributed by atoms with Crippen LogP contribution in [0.2, 0.25) is 0 Å². The largest absolute Gasteiger partial charge is 0.356 e. The summed E-state index contributed by atoms with van der Waals surface area (Å²) in [5.74, 6) is 0.520. The predicted molar refractivity (Wildman–Crippen MR) is 78.4 cm³/mol. The summed E-state index contributed by atoms with van der Waals surface area (Å²) in [5.41, 5.74) is 0. The van der Waals surface area contributed by atoms with E-state index in [1.807, 2.05) is 13.8 Å². The van der Waals surface area contributed by atoms with E-state index in [0.29, 0.717) is 25.3 Å². The summed E-state index contributed by atoms with van der Waals surface area (Å²) < 4.78 is 0. The van der Waals surface area contributed by atoms with Crippen LogP contribution in [0.5, 0.6) is 0 Å². The van der Waals surface area contributed by atoms with Crippen LogP contribution in [0.4, 0.5) is 0 Å². The number of carbonyl (C=O) groups is 2. The second-order valence-corrected chi connectivity index (χ2v) is 5.04. The van der Waals surface area contributed by atoms with Gasteiger partial charge in [-0.05, 0) is 38.8 Å². The van der Waals surface area contributed by atoms with E-state index in [-0.39, 0.29) is 30.3 Å². The fourth-order valence-electron chi connectivity index (χ4n) is 1.99. The van der Waals surface area contributed by atoms with Crippen molar-refractivity contribution in [2.45, 2.75) is 45.6 Å². The molecule has 0 aromatic heterocycles. The Morgan fingerprint density at radius 3 is 2.68 bits per heavy atom. The van der Waals surface area contributed by atoms with Crippen LogP contribution in [0.3, 0.4) is 0 Å². The van der Waals surface area contributed by atoms with Gasteiger partial charge in [0.05, 0.1) is 0 Å². The van der Waals surface area contributed by atoms with Gasteiger partial charge >= 0.3 is 0 Å². The first-order valence-electron chi connectivity index (χ1n) is 6.88. The zero-order chi connectivity index (χ0) is 13.4. The van der Waals surface area contributed by atoms with Gasteiger partial charge in [0.1, 0.15) is 0 Å². The molecule has 0 bridgehead atoms. The summed E-state index contributed by atoms with van der Waals surface area (Å²) in [5, 5.41) is 8.92. The van der Waals surface area contributed by atoms with Crippen LogP contribution in [0.15, 0.2) is 0 Å². The van der Waals surface area contributed by atoms with Crippen molar-refractivity contribution < 1.29 is 9.59 Å². The molecule has 6 heteroatoms. The number of amides is 2. The fraction of sp³-hybridized carbons (Fsp3) is 0.846. The molecule has 1 rings (SSSR count). The van der Waals surface area contributed by atoms with E-state index in [9.17, 15) is 9.59 Å². The summed E-state index contributed by atoms with van der Waals surface area (Å²) in [7, 11) is 0. The molecule has 112 valence electrons. The Bertz CT molecular complexity index is 281. The molecule has 1 heterocycles. The zero-order valence-corrected chi connectivity index (χ0v) is 12.6. The molecule has 1 aliphatic heterocycles. The smallest absolute Gasteiger partial charge is 0.221 e. The van der Waals surface area contributed by atoms with Crippen molar-refractivity contribution in [3.05, 3.63) is 0 Å². The predicted octanol–water partition coefficient (Wildman–Crippen LogP) is 0.829. The van der Waals surface area contributed by atoms with E-state index in [0.717, 1.165) is 25.9 Å². The molecule has 5 nitrogen and oxygen atoms in total. The minimum absolute atomic E-state index is 0. The van der Waals surface area contributed by atoms with Gasteiger partial charge in [0.15, 0.2) is 0 Å². The first-order valence-corrected chi connectivity index (χ1v) is 6.88. The average molecular weight is 292 g/mol. The summed E-state index contributed by atoms with van der Waals surface area (Å²) in [6.07, 6.45) is 2.92. The molecule has 1 saturated heterocycles. The standard InChI is InChI=1S/C13H25N3O2.ClH/c1-3-10(2)16-12(17)5-7-15-13(18)8-11-4-6-14-9-11;/h10-11,14H,3-9H2,1-2H3,(H,15,18)(H,16,17);1H. The van der Waals surface area contributed by atoms with Gasteiger partial charge in [0.25, 0.3) is 0 Å². The summed E-state index contributed by atoms with van der Waals surface area (Å²) >= 11 is 0. The van der Waals surface area contributed by atoms with Crippen LogP contribution in [0.25, 0.3) is 0 Å². The van der Waals surface area contributed by atoms with E-state index in [4.69, 9.17) is 0 Å². The highest BCUT2D eigenvalue weighted by molar-refractivity contribution is 5.85. The highest BCUT2D eigenvalue weighted by atomic mass is 35.5. The number of rotatable bonds is 7. The minimum Gasteiger partial charge on any atom is -0.356 e. The van der Waals surface area contributed by atoms with Crippen LogP contribution < -0.4 is 16.0 Å². The Kier molecular flexibility index (Phi) is 9.61. The second kappa shape index (κ2) is 10.0. The van der Waals surface area contributed by atoms with Crippen LogP contribution in [-0.2, 0) is 9.59 Å². The molecular formula is C13H26ClN3O2. The van der Waals surface area contributed by atoms with Crippen molar-refractivity contribution in [2.24, 2.45) is 5.92 Å². The molecule has 1 aliphatic rings. The lowest BCUT2D eigenvalue weighted by molar-refractivity contribution is -0.123. The molecule has 0 saturated carbocycles. The number of nitrogens with one attached hydrogen (secondary N) is 3. The molecule has 2 amide bonds. The van der Waals surface area contributed by atoms with Gasteiger partial charge in [-0.15, -0.1) is 12.4 Å². The van der Waals surface area contributed by atoms with Gasteiger partial charge in [-0.1, -0.05) is 6.92 Å². The SMILES string of the molecule is CCC(C)NC(=O)CCNC(=O)CC1CCNC1.Cl. The summed E-state index contributed by atoms with van der Waals surface area (Å²) in [6.45, 7) is 6.38. The third-order valence-corrected chi connectivity index (χ3v) is 3.33. The third kappa shape index (κ3) is 8.06. The summed E-state index contributed by atoms with van der Waals surface area (Å²) in [4.78, 5) is 23.1. The normalized spacial score (nSPS) is 19.4. The fourth-order valence-corrected chi connectivity index (χ4v) is 1.99. The van der Waals surface area contributed by atoms with Crippen LogP contribution in [0, 0.1) is 5.92 Å². The van der Waals surface area contributed by atoms with Crippen LogP contribution in [-0.4, -0.2) is 37.5 Å². The molecule has 0 aliphatic carbocycles. The maximum Gasteiger partial charge on any atom is 0.221 e. The first kappa shape index (κ1) is 18.2. The Morgan fingerprint density at radius 2 is 2.11 bits per heavy atom. The molecular weight excluding hydrogens is 266 g/mol. The van der Waals surface area contributed by atoms with Gasteiger partial charge < -0.3 is 16.0 Å². The zero-order valence-electron chi connectivity index (χ0n) is 11.8. The number of halogens is 1. The second-order valence-electron chi connectivity index (χ2n) is 5.04. The lowest BCUT2D eigenvalue weighted by Crippen LogP contribution is -2.35. The van der Waals surface area contributed by atoms with Crippen molar-refractivity contribution >= 4 is 24.2 Å². The average Bonchev–Trinajstić information content (AvgIpc) is 2.81. The number of hydrogen-bond acceptors (Lipinski definition) is 3. The van der Waals surface area contributed by atoms with E-state index in [1.54, 1.807) is 0 Å². The van der Waals surface area contributed by atoms with Crippen molar-refractivity contribution in [1.82, 2.24) is 16.0 Å². The molecule has 3 N–H and O–H groups in total. The van der Waals surface area contributed by atoms with E-state index < -0.39 is 0 Å². The Labute approximate surface area is 121 Å². The van der Waals surface area contributed by atoms with E-state index >= 15 is 0 Å². The minimum atomic E-state index is 0. The third-order valence-electron chi connectivity index (χ3n) is 3.33. The molecule has 1 fully saturated rings. The van der Waals surface area contributed by atoms with E-state index in [2.05, 4.69) is 16.0 Å². The molecule has 0 aromatic rings. The Balaban J connectivity index is 0.00000324. The quantitative estimate of drug-likeness (QED) is 0.651. The van der Waals surface area contributed by atoms with Crippen molar-refractivity contribution in [3.8, 4) is 0 Å². The van der Waals surface area contributed by atoms with E-state index in [1.165, 1.54) is 0 Å². The molecule has 19 heavy (non-hydrogen) atoms. The van der Waals surface area contributed by atoms with Gasteiger partial charge in [-0.25, -0.2) is 0 Å². The number of carbonyl (C=O) groups excluding carboxylic acids is 2. The van der Waals surface area contributed by atoms with Gasteiger partial charge in [0, 0.05) is 25.4 Å². The maximum atomic E-state index is 11.6. The lowest BCUT2D eigenvalue weighted by atomic mass is 10.0. The maximum absolute atomic E-state index is 11.6. The molecule has 0 aromatic carbocycles. The van der Waals surface area contributed by atoms with Crippen LogP contribution in [0.1, 0.15) is 39.5 Å². The molecule has 0 spiro atoms. The van der Waals surface area contributed by atoms with Crippen LogP contribution >= 0.6 is 12.4 Å². The monoisotopic (exact) mass is 291 g/mol. The van der Waals surface area contributed by atoms with Gasteiger partial charge in [-0.3, -0.25) is 9.59 Å². The van der Waals surface area contributed by atoms with Crippen molar-refractivity contribution in [3.63, 3.8) is 0 Å². The Hall–Kier alpha value is -0.810. The molecule has 0 radical (unpaired) electrons. The highest BCUT2D eigenvalue weighted by Gasteiger charge is 2.17. The van der Waals surface area contributed by atoms with Gasteiger partial charge in [-0.2, -0.15) is 0 Å². The topological polar surface area (TPSA) is 70.2 Å². The van der Waals surface area contributed by atoms with Crippen molar-refractivity contribution in [2.75, 3.05) is 19.6 Å². The Morgan fingerprint density at radius 1 is 1.37 bits per heavy atom.